The zero-order chi connectivity index (χ0) is 20.3. The summed E-state index contributed by atoms with van der Waals surface area (Å²) in [7, 11) is 1.72. The lowest BCUT2D eigenvalue weighted by Crippen LogP contribution is -2.39. The Morgan fingerprint density at radius 2 is 1.86 bits per heavy atom. The number of pyridine rings is 1. The van der Waals surface area contributed by atoms with Crippen LogP contribution in [-0.2, 0) is 9.53 Å². The largest absolute Gasteiger partial charge is 0.378 e. The number of rotatable bonds is 5. The first-order valence-electron chi connectivity index (χ1n) is 10.0. The van der Waals surface area contributed by atoms with Crippen molar-refractivity contribution in [2.24, 2.45) is 0 Å². The normalized spacial score (nSPS) is 21.8. The van der Waals surface area contributed by atoms with Gasteiger partial charge in [-0.1, -0.05) is 29.8 Å². The van der Waals surface area contributed by atoms with Crippen LogP contribution >= 0.6 is 11.6 Å². The van der Waals surface area contributed by atoms with Crippen LogP contribution in [0.25, 0.3) is 10.9 Å². The fourth-order valence-electron chi connectivity index (χ4n) is 4.41. The van der Waals surface area contributed by atoms with Crippen molar-refractivity contribution in [2.45, 2.75) is 43.6 Å². The van der Waals surface area contributed by atoms with Crippen molar-refractivity contribution in [3.63, 3.8) is 0 Å². The first kappa shape index (κ1) is 19.9. The molecule has 1 aliphatic rings. The Morgan fingerprint density at radius 1 is 1.14 bits per heavy atom. The van der Waals surface area contributed by atoms with Crippen LogP contribution in [0.15, 0.2) is 60.8 Å². The van der Waals surface area contributed by atoms with E-state index in [9.17, 15) is 4.79 Å². The zero-order valence-corrected chi connectivity index (χ0v) is 17.3. The Balaban J connectivity index is 1.43. The highest BCUT2D eigenvalue weighted by Gasteiger charge is 2.38. The highest BCUT2D eigenvalue weighted by Crippen LogP contribution is 2.43. The van der Waals surface area contributed by atoms with Gasteiger partial charge in [0.25, 0.3) is 0 Å². The first-order valence-corrected chi connectivity index (χ1v) is 10.4. The van der Waals surface area contributed by atoms with Crippen LogP contribution in [0.3, 0.4) is 0 Å². The molecular formula is C24H25ClN2O2. The lowest BCUT2D eigenvalue weighted by molar-refractivity contribution is -0.125. The molecule has 5 heteroatoms. The summed E-state index contributed by atoms with van der Waals surface area (Å²) in [5.41, 5.74) is 2.74. The molecule has 29 heavy (non-hydrogen) atoms. The maximum absolute atomic E-state index is 12.6. The fraction of sp³-hybridized carbons (Fsp3) is 0.333. The van der Waals surface area contributed by atoms with E-state index >= 15 is 0 Å². The SMILES string of the molecule is COC1(CC(=O)Nc2ccc(Cl)cc2)CCC(c2ccnc3ccccc23)CC1. The molecule has 1 aliphatic carbocycles. The number of methoxy groups -OCH3 is 1. The zero-order valence-electron chi connectivity index (χ0n) is 16.5. The first-order chi connectivity index (χ1) is 14.1. The molecule has 1 heterocycles. The second-order valence-electron chi connectivity index (χ2n) is 7.81. The van der Waals surface area contributed by atoms with Crippen molar-refractivity contribution in [3.8, 4) is 0 Å². The molecule has 0 saturated heterocycles. The molecule has 2 aromatic carbocycles. The van der Waals surface area contributed by atoms with Gasteiger partial charge in [0.15, 0.2) is 0 Å². The third-order valence-corrected chi connectivity index (χ3v) is 6.32. The van der Waals surface area contributed by atoms with E-state index in [4.69, 9.17) is 16.3 Å². The highest BCUT2D eigenvalue weighted by molar-refractivity contribution is 6.30. The minimum absolute atomic E-state index is 0.0259. The van der Waals surface area contributed by atoms with Crippen molar-refractivity contribution in [3.05, 3.63) is 71.4 Å². The van der Waals surface area contributed by atoms with E-state index < -0.39 is 5.60 Å². The third-order valence-electron chi connectivity index (χ3n) is 6.06. The molecule has 1 amide bonds. The summed E-state index contributed by atoms with van der Waals surface area (Å²) in [6.07, 6.45) is 5.97. The van der Waals surface area contributed by atoms with Gasteiger partial charge in [0.1, 0.15) is 0 Å². The van der Waals surface area contributed by atoms with Gasteiger partial charge in [-0.2, -0.15) is 0 Å². The van der Waals surface area contributed by atoms with E-state index in [2.05, 4.69) is 34.6 Å². The maximum Gasteiger partial charge on any atom is 0.227 e. The number of fused-ring (bicyclic) bond motifs is 1. The molecule has 4 rings (SSSR count). The molecular weight excluding hydrogens is 384 g/mol. The number of aromatic nitrogens is 1. The van der Waals surface area contributed by atoms with E-state index in [0.29, 0.717) is 17.4 Å². The summed E-state index contributed by atoms with van der Waals surface area (Å²) < 4.78 is 5.88. The van der Waals surface area contributed by atoms with Crippen LogP contribution in [0.4, 0.5) is 5.69 Å². The summed E-state index contributed by atoms with van der Waals surface area (Å²) in [6.45, 7) is 0. The van der Waals surface area contributed by atoms with Crippen LogP contribution in [0.5, 0.6) is 0 Å². The van der Waals surface area contributed by atoms with Crippen LogP contribution < -0.4 is 5.32 Å². The summed E-state index contributed by atoms with van der Waals surface area (Å²) in [5.74, 6) is 0.437. The van der Waals surface area contributed by atoms with E-state index in [1.807, 2.05) is 24.4 Å². The number of hydrogen-bond donors (Lipinski definition) is 1. The van der Waals surface area contributed by atoms with Crippen molar-refractivity contribution in [1.29, 1.82) is 0 Å². The summed E-state index contributed by atoms with van der Waals surface area (Å²) in [6, 6.07) is 17.6. The van der Waals surface area contributed by atoms with Crippen LogP contribution in [0.2, 0.25) is 5.02 Å². The van der Waals surface area contributed by atoms with Gasteiger partial charge in [-0.25, -0.2) is 0 Å². The Morgan fingerprint density at radius 3 is 2.59 bits per heavy atom. The number of benzene rings is 2. The minimum atomic E-state index is -0.407. The van der Waals surface area contributed by atoms with Crippen molar-refractivity contribution in [1.82, 2.24) is 4.98 Å². The predicted octanol–water partition coefficient (Wildman–Crippen LogP) is 5.96. The number of anilines is 1. The van der Waals surface area contributed by atoms with Crippen LogP contribution in [0.1, 0.15) is 43.6 Å². The molecule has 3 aromatic rings. The monoisotopic (exact) mass is 408 g/mol. The van der Waals surface area contributed by atoms with Gasteiger partial charge in [0.2, 0.25) is 5.91 Å². The molecule has 0 aliphatic heterocycles. The molecule has 0 spiro atoms. The number of nitrogens with one attached hydrogen (secondary N) is 1. The summed E-state index contributed by atoms with van der Waals surface area (Å²) >= 11 is 5.91. The van der Waals surface area contributed by atoms with Gasteiger partial charge in [-0.15, -0.1) is 0 Å². The Hall–Kier alpha value is -2.43. The van der Waals surface area contributed by atoms with Gasteiger partial charge in [-0.05, 0) is 73.6 Å². The molecule has 0 unspecified atom stereocenters. The molecule has 1 aromatic heterocycles. The number of ether oxygens (including phenoxy) is 1. The molecule has 1 N–H and O–H groups in total. The van der Waals surface area contributed by atoms with E-state index in [0.717, 1.165) is 36.9 Å². The lowest BCUT2D eigenvalue weighted by Gasteiger charge is -2.39. The van der Waals surface area contributed by atoms with Gasteiger partial charge >= 0.3 is 0 Å². The van der Waals surface area contributed by atoms with Gasteiger partial charge < -0.3 is 10.1 Å². The molecule has 1 fully saturated rings. The lowest BCUT2D eigenvalue weighted by atomic mass is 9.74. The molecule has 150 valence electrons. The fourth-order valence-corrected chi connectivity index (χ4v) is 4.54. The Labute approximate surface area is 176 Å². The van der Waals surface area contributed by atoms with Gasteiger partial charge in [0.05, 0.1) is 17.5 Å². The van der Waals surface area contributed by atoms with E-state index in [-0.39, 0.29) is 5.91 Å². The van der Waals surface area contributed by atoms with E-state index in [1.54, 1.807) is 19.2 Å². The number of carbonyl (C=O) groups excluding carboxylic acids is 1. The number of hydrogen-bond acceptors (Lipinski definition) is 3. The smallest absolute Gasteiger partial charge is 0.227 e. The van der Waals surface area contributed by atoms with Crippen molar-refractivity contribution < 1.29 is 9.53 Å². The number of amides is 1. The topological polar surface area (TPSA) is 51.2 Å². The van der Waals surface area contributed by atoms with Gasteiger partial charge in [0, 0.05) is 29.4 Å². The summed E-state index contributed by atoms with van der Waals surface area (Å²) in [5, 5.41) is 4.84. The van der Waals surface area contributed by atoms with Gasteiger partial charge in [-0.3, -0.25) is 9.78 Å². The molecule has 0 bridgehead atoms. The maximum atomic E-state index is 12.6. The minimum Gasteiger partial charge on any atom is -0.378 e. The molecule has 0 radical (unpaired) electrons. The Kier molecular flexibility index (Phi) is 5.84. The number of carbonyl (C=O) groups is 1. The molecule has 0 atom stereocenters. The number of para-hydroxylation sites is 1. The predicted molar refractivity (Wildman–Crippen MR) is 117 cm³/mol. The number of halogens is 1. The second kappa shape index (κ2) is 8.52. The average molecular weight is 409 g/mol. The van der Waals surface area contributed by atoms with Crippen molar-refractivity contribution in [2.75, 3.05) is 12.4 Å². The van der Waals surface area contributed by atoms with Crippen LogP contribution in [0, 0.1) is 0 Å². The quantitative estimate of drug-likeness (QED) is 0.566. The van der Waals surface area contributed by atoms with Crippen molar-refractivity contribution >= 4 is 34.1 Å². The second-order valence-corrected chi connectivity index (χ2v) is 8.25. The average Bonchev–Trinajstić information content (AvgIpc) is 2.75. The molecule has 1 saturated carbocycles. The van der Waals surface area contributed by atoms with E-state index in [1.165, 1.54) is 10.9 Å². The Bertz CT molecular complexity index is 990. The highest BCUT2D eigenvalue weighted by atomic mass is 35.5. The third kappa shape index (κ3) is 4.44. The van der Waals surface area contributed by atoms with Crippen LogP contribution in [-0.4, -0.2) is 23.6 Å². The standard InChI is InChI=1S/C24H25ClN2O2/c1-29-24(16-23(28)27-19-8-6-18(25)7-9-19)13-10-17(11-14-24)20-12-15-26-22-5-3-2-4-21(20)22/h2-9,12,15,17H,10-11,13-14,16H2,1H3,(H,27,28). The summed E-state index contributed by atoms with van der Waals surface area (Å²) in [4.78, 5) is 17.1. The molecule has 4 nitrogen and oxygen atoms in total. The number of nitrogens with zero attached hydrogens (tertiary/aromatic N) is 1.